The van der Waals surface area contributed by atoms with Gasteiger partial charge in [0.25, 0.3) is 0 Å². The highest BCUT2D eigenvalue weighted by molar-refractivity contribution is 7.09. The largest absolute Gasteiger partial charge is 0.351 e. The van der Waals surface area contributed by atoms with E-state index < -0.39 is 0 Å². The number of benzene rings is 1. The van der Waals surface area contributed by atoms with E-state index in [4.69, 9.17) is 0 Å². The predicted octanol–water partition coefficient (Wildman–Crippen LogP) is 3.31. The van der Waals surface area contributed by atoms with Crippen LogP contribution in [0.1, 0.15) is 17.7 Å². The zero-order chi connectivity index (χ0) is 16.8. The van der Waals surface area contributed by atoms with E-state index in [0.29, 0.717) is 32.5 Å². The Hall–Kier alpha value is -2.34. The zero-order valence-corrected chi connectivity index (χ0v) is 14.2. The number of hydrogen-bond acceptors (Lipinski definition) is 3. The maximum Gasteiger partial charge on any atom is 0.321 e. The minimum Gasteiger partial charge on any atom is -0.351 e. The van der Waals surface area contributed by atoms with E-state index in [2.05, 4.69) is 10.6 Å². The normalized spacial score (nSPS) is 15.1. The highest BCUT2D eigenvalue weighted by Gasteiger charge is 2.27. The van der Waals surface area contributed by atoms with E-state index in [9.17, 15) is 9.59 Å². The summed E-state index contributed by atoms with van der Waals surface area (Å²) in [4.78, 5) is 27.4. The number of thiophene rings is 1. The average molecular weight is 343 g/mol. The number of likely N-dealkylation sites (tertiary alicyclic amines) is 1. The smallest absolute Gasteiger partial charge is 0.321 e. The summed E-state index contributed by atoms with van der Waals surface area (Å²) in [5, 5.41) is 7.88. The Labute approximate surface area is 145 Å². The molecular weight excluding hydrogens is 322 g/mol. The fraction of sp³-hybridized carbons (Fsp3) is 0.333. The molecule has 3 rings (SSSR count). The molecular formula is C18H21N3O2S. The van der Waals surface area contributed by atoms with Crippen LogP contribution in [-0.2, 0) is 11.3 Å². The molecule has 1 aliphatic rings. The Balaban J connectivity index is 1.43. The zero-order valence-electron chi connectivity index (χ0n) is 13.4. The van der Waals surface area contributed by atoms with Crippen LogP contribution in [0.3, 0.4) is 0 Å². The number of hydrogen-bond donors (Lipinski definition) is 2. The Kier molecular flexibility index (Phi) is 5.48. The van der Waals surface area contributed by atoms with Gasteiger partial charge in [-0.25, -0.2) is 4.79 Å². The second kappa shape index (κ2) is 7.97. The Morgan fingerprint density at radius 2 is 1.83 bits per heavy atom. The molecule has 3 amide bonds. The van der Waals surface area contributed by atoms with Gasteiger partial charge in [-0.05, 0) is 36.4 Å². The van der Waals surface area contributed by atoms with Crippen LogP contribution in [0, 0.1) is 5.92 Å². The Bertz CT molecular complexity index is 665. The minimum absolute atomic E-state index is 0.00858. The van der Waals surface area contributed by atoms with E-state index in [-0.39, 0.29) is 17.9 Å². The van der Waals surface area contributed by atoms with Gasteiger partial charge < -0.3 is 15.5 Å². The highest BCUT2D eigenvalue weighted by Crippen LogP contribution is 2.19. The molecule has 6 heteroatoms. The van der Waals surface area contributed by atoms with Crippen LogP contribution >= 0.6 is 11.3 Å². The number of anilines is 1. The van der Waals surface area contributed by atoms with Crippen molar-refractivity contribution in [2.75, 3.05) is 18.4 Å². The van der Waals surface area contributed by atoms with E-state index in [1.165, 1.54) is 0 Å². The molecule has 0 bridgehead atoms. The molecule has 0 saturated carbocycles. The lowest BCUT2D eigenvalue weighted by molar-refractivity contribution is -0.126. The molecule has 0 radical (unpaired) electrons. The molecule has 1 aromatic carbocycles. The number of para-hydroxylation sites is 1. The van der Waals surface area contributed by atoms with Crippen molar-refractivity contribution in [1.82, 2.24) is 10.2 Å². The quantitative estimate of drug-likeness (QED) is 0.895. The highest BCUT2D eigenvalue weighted by atomic mass is 32.1. The maximum atomic E-state index is 12.2. The van der Waals surface area contributed by atoms with Crippen LogP contribution in [0.2, 0.25) is 0 Å². The van der Waals surface area contributed by atoms with Gasteiger partial charge in [-0.1, -0.05) is 24.3 Å². The van der Waals surface area contributed by atoms with Gasteiger partial charge in [0.2, 0.25) is 5.91 Å². The minimum atomic E-state index is -0.0985. The molecule has 1 saturated heterocycles. The standard InChI is InChI=1S/C18H21N3O2S/c22-17(19-13-16-7-4-12-24-16)14-8-10-21(11-9-14)18(23)20-15-5-2-1-3-6-15/h1-7,12,14H,8-11,13H2,(H,19,22)(H,20,23). The molecule has 2 N–H and O–H groups in total. The number of urea groups is 1. The third kappa shape index (κ3) is 4.35. The molecule has 24 heavy (non-hydrogen) atoms. The van der Waals surface area contributed by atoms with Crippen molar-refractivity contribution in [3.05, 3.63) is 52.7 Å². The second-order valence-electron chi connectivity index (χ2n) is 5.85. The van der Waals surface area contributed by atoms with Crippen molar-refractivity contribution in [3.63, 3.8) is 0 Å². The summed E-state index contributed by atoms with van der Waals surface area (Å²) >= 11 is 1.64. The SMILES string of the molecule is O=C(NCc1cccs1)C1CCN(C(=O)Nc2ccccc2)CC1. The van der Waals surface area contributed by atoms with Crippen molar-refractivity contribution in [2.45, 2.75) is 19.4 Å². The fourth-order valence-electron chi connectivity index (χ4n) is 2.80. The number of nitrogens with zero attached hydrogens (tertiary/aromatic N) is 1. The first-order valence-corrected chi connectivity index (χ1v) is 9.01. The van der Waals surface area contributed by atoms with Crippen molar-refractivity contribution in [3.8, 4) is 0 Å². The van der Waals surface area contributed by atoms with Crippen LogP contribution in [0.4, 0.5) is 10.5 Å². The summed E-state index contributed by atoms with van der Waals surface area (Å²) in [6.07, 6.45) is 1.41. The first kappa shape index (κ1) is 16.5. The molecule has 1 aliphatic heterocycles. The van der Waals surface area contributed by atoms with E-state index in [0.717, 1.165) is 10.6 Å². The van der Waals surface area contributed by atoms with E-state index in [1.807, 2.05) is 47.8 Å². The topological polar surface area (TPSA) is 61.4 Å². The van der Waals surface area contributed by atoms with Crippen LogP contribution in [0.5, 0.6) is 0 Å². The van der Waals surface area contributed by atoms with Crippen molar-refractivity contribution < 1.29 is 9.59 Å². The van der Waals surface area contributed by atoms with Crippen LogP contribution in [0.15, 0.2) is 47.8 Å². The molecule has 0 unspecified atom stereocenters. The van der Waals surface area contributed by atoms with E-state index >= 15 is 0 Å². The third-order valence-electron chi connectivity index (χ3n) is 4.19. The lowest BCUT2D eigenvalue weighted by atomic mass is 9.96. The molecule has 0 spiro atoms. The van der Waals surface area contributed by atoms with Gasteiger partial charge in [-0.15, -0.1) is 11.3 Å². The molecule has 1 fully saturated rings. The monoisotopic (exact) mass is 343 g/mol. The molecule has 2 aromatic rings. The first-order valence-electron chi connectivity index (χ1n) is 8.13. The summed E-state index contributed by atoms with van der Waals surface area (Å²) in [5.41, 5.74) is 0.790. The summed E-state index contributed by atoms with van der Waals surface area (Å²) in [6, 6.07) is 13.3. The second-order valence-corrected chi connectivity index (χ2v) is 6.89. The van der Waals surface area contributed by atoms with Gasteiger partial charge in [-0.3, -0.25) is 4.79 Å². The number of rotatable bonds is 4. The summed E-state index contributed by atoms with van der Waals surface area (Å²) in [5.74, 6) is 0.0808. The Morgan fingerprint density at radius 1 is 1.08 bits per heavy atom. The molecule has 0 aliphatic carbocycles. The molecule has 5 nitrogen and oxygen atoms in total. The van der Waals surface area contributed by atoms with Gasteiger partial charge in [0.05, 0.1) is 6.54 Å². The molecule has 126 valence electrons. The van der Waals surface area contributed by atoms with Gasteiger partial charge >= 0.3 is 6.03 Å². The number of carbonyl (C=O) groups is 2. The average Bonchev–Trinajstić information content (AvgIpc) is 3.14. The third-order valence-corrected chi connectivity index (χ3v) is 5.07. The van der Waals surface area contributed by atoms with Crippen molar-refractivity contribution in [2.24, 2.45) is 5.92 Å². The van der Waals surface area contributed by atoms with Gasteiger partial charge in [-0.2, -0.15) is 0 Å². The number of amides is 3. The van der Waals surface area contributed by atoms with Gasteiger partial charge in [0.15, 0.2) is 0 Å². The lowest BCUT2D eigenvalue weighted by Crippen LogP contribution is -2.44. The van der Waals surface area contributed by atoms with Crippen molar-refractivity contribution in [1.29, 1.82) is 0 Å². The maximum absolute atomic E-state index is 12.2. The number of nitrogens with one attached hydrogen (secondary N) is 2. The van der Waals surface area contributed by atoms with E-state index in [1.54, 1.807) is 16.2 Å². The van der Waals surface area contributed by atoms with Gasteiger partial charge in [0.1, 0.15) is 0 Å². The fourth-order valence-corrected chi connectivity index (χ4v) is 3.45. The summed E-state index contributed by atoms with van der Waals surface area (Å²) < 4.78 is 0. The van der Waals surface area contributed by atoms with Crippen LogP contribution in [0.25, 0.3) is 0 Å². The molecule has 0 atom stereocenters. The van der Waals surface area contributed by atoms with Crippen LogP contribution < -0.4 is 10.6 Å². The Morgan fingerprint density at radius 3 is 2.50 bits per heavy atom. The summed E-state index contributed by atoms with van der Waals surface area (Å²) in [7, 11) is 0. The van der Waals surface area contributed by atoms with Gasteiger partial charge in [0, 0.05) is 29.6 Å². The lowest BCUT2D eigenvalue weighted by Gasteiger charge is -2.31. The number of piperidine rings is 1. The number of carbonyl (C=O) groups excluding carboxylic acids is 2. The first-order chi connectivity index (χ1) is 11.7. The molecule has 2 heterocycles. The van der Waals surface area contributed by atoms with Crippen LogP contribution in [-0.4, -0.2) is 29.9 Å². The van der Waals surface area contributed by atoms with Crippen molar-refractivity contribution >= 4 is 29.0 Å². The molecule has 1 aromatic heterocycles. The predicted molar refractivity (Wildman–Crippen MR) is 95.9 cm³/mol. The summed E-state index contributed by atoms with van der Waals surface area (Å²) in [6.45, 7) is 1.80.